The van der Waals surface area contributed by atoms with Crippen LogP contribution in [0.15, 0.2) is 78.9 Å². The molecular formula is C22H19ClN2O4. The van der Waals surface area contributed by atoms with Gasteiger partial charge in [0, 0.05) is 5.56 Å². The van der Waals surface area contributed by atoms with Crippen LogP contribution in [0.3, 0.4) is 0 Å². The monoisotopic (exact) mass is 410 g/mol. The molecule has 2 amide bonds. The van der Waals surface area contributed by atoms with Gasteiger partial charge in [-0.05, 0) is 23.8 Å². The molecule has 0 saturated heterocycles. The number of ether oxygens (including phenoxy) is 2. The molecule has 0 bridgehead atoms. The Labute approximate surface area is 173 Å². The second-order valence-corrected chi connectivity index (χ2v) is 6.37. The minimum atomic E-state index is -0.525. The predicted molar refractivity (Wildman–Crippen MR) is 111 cm³/mol. The fourth-order valence-electron chi connectivity index (χ4n) is 2.51. The molecule has 0 unspecified atom stereocenters. The van der Waals surface area contributed by atoms with Crippen molar-refractivity contribution < 1.29 is 19.1 Å². The van der Waals surface area contributed by atoms with Gasteiger partial charge in [0.25, 0.3) is 11.8 Å². The molecule has 0 saturated carbocycles. The number of nitrogens with one attached hydrogen (secondary N) is 2. The molecule has 0 fully saturated rings. The Bertz CT molecular complexity index is 979. The number of benzene rings is 3. The summed E-state index contributed by atoms with van der Waals surface area (Å²) in [5.74, 6) is -0.0689. The van der Waals surface area contributed by atoms with Crippen molar-refractivity contribution in [1.29, 1.82) is 0 Å². The van der Waals surface area contributed by atoms with Gasteiger partial charge in [0.15, 0.2) is 13.2 Å². The summed E-state index contributed by atoms with van der Waals surface area (Å²) in [6.07, 6.45) is 0. The lowest BCUT2D eigenvalue weighted by Crippen LogP contribution is -2.45. The largest absolute Gasteiger partial charge is 0.483 e. The van der Waals surface area contributed by atoms with Crippen molar-refractivity contribution in [2.24, 2.45) is 0 Å². The highest BCUT2D eigenvalue weighted by molar-refractivity contribution is 6.32. The van der Waals surface area contributed by atoms with Gasteiger partial charge in [0.05, 0.1) is 5.02 Å². The van der Waals surface area contributed by atoms with Gasteiger partial charge in [0.1, 0.15) is 11.5 Å². The molecule has 3 aromatic rings. The number of carbonyl (C=O) groups excluding carboxylic acids is 2. The molecule has 0 heterocycles. The van der Waals surface area contributed by atoms with Crippen LogP contribution in [0, 0.1) is 0 Å². The summed E-state index contributed by atoms with van der Waals surface area (Å²) >= 11 is 5.95. The molecule has 0 aliphatic rings. The molecule has 7 heteroatoms. The SMILES string of the molecule is O=C(COc1ccccc1Cl)NNC(=O)COc1ccccc1-c1ccccc1. The van der Waals surface area contributed by atoms with Crippen LogP contribution in [0.4, 0.5) is 0 Å². The molecule has 0 aliphatic heterocycles. The third-order valence-electron chi connectivity index (χ3n) is 3.87. The maximum absolute atomic E-state index is 12.0. The van der Waals surface area contributed by atoms with Crippen LogP contribution in [0.25, 0.3) is 11.1 Å². The third kappa shape index (κ3) is 5.99. The molecule has 0 atom stereocenters. The number of carbonyl (C=O) groups is 2. The molecule has 0 spiro atoms. The maximum Gasteiger partial charge on any atom is 0.276 e. The van der Waals surface area contributed by atoms with E-state index in [1.54, 1.807) is 30.3 Å². The van der Waals surface area contributed by atoms with Gasteiger partial charge in [-0.15, -0.1) is 0 Å². The molecule has 0 aromatic heterocycles. The first-order valence-electron chi connectivity index (χ1n) is 8.86. The van der Waals surface area contributed by atoms with E-state index in [0.717, 1.165) is 11.1 Å². The lowest BCUT2D eigenvalue weighted by molar-refractivity contribution is -0.130. The minimum Gasteiger partial charge on any atom is -0.483 e. The quantitative estimate of drug-likeness (QED) is 0.583. The second kappa shape index (κ2) is 10.1. The van der Waals surface area contributed by atoms with E-state index in [1.807, 2.05) is 48.5 Å². The van der Waals surface area contributed by atoms with Gasteiger partial charge < -0.3 is 9.47 Å². The van der Waals surface area contributed by atoms with Crippen molar-refractivity contribution in [1.82, 2.24) is 10.9 Å². The Morgan fingerprint density at radius 1 is 0.690 bits per heavy atom. The molecule has 2 N–H and O–H groups in total. The lowest BCUT2D eigenvalue weighted by Gasteiger charge is -2.12. The highest BCUT2D eigenvalue weighted by Crippen LogP contribution is 2.29. The van der Waals surface area contributed by atoms with Crippen LogP contribution in [-0.4, -0.2) is 25.0 Å². The zero-order chi connectivity index (χ0) is 20.5. The first-order valence-corrected chi connectivity index (χ1v) is 9.23. The average molecular weight is 411 g/mol. The zero-order valence-corrected chi connectivity index (χ0v) is 16.2. The van der Waals surface area contributed by atoms with E-state index >= 15 is 0 Å². The number of hydrazine groups is 1. The van der Waals surface area contributed by atoms with Gasteiger partial charge in [-0.3, -0.25) is 20.4 Å². The average Bonchev–Trinajstić information content (AvgIpc) is 2.76. The predicted octanol–water partition coefficient (Wildman–Crippen LogP) is 3.61. The van der Waals surface area contributed by atoms with E-state index in [-0.39, 0.29) is 13.2 Å². The molecule has 29 heavy (non-hydrogen) atoms. The zero-order valence-electron chi connectivity index (χ0n) is 15.4. The van der Waals surface area contributed by atoms with E-state index in [9.17, 15) is 9.59 Å². The van der Waals surface area contributed by atoms with Crippen LogP contribution < -0.4 is 20.3 Å². The minimum absolute atomic E-state index is 0.254. The van der Waals surface area contributed by atoms with Crippen LogP contribution in [-0.2, 0) is 9.59 Å². The van der Waals surface area contributed by atoms with Crippen molar-refractivity contribution in [2.45, 2.75) is 0 Å². The summed E-state index contributed by atoms with van der Waals surface area (Å²) in [4.78, 5) is 23.8. The van der Waals surface area contributed by atoms with Crippen LogP contribution >= 0.6 is 11.6 Å². The Balaban J connectivity index is 1.46. The van der Waals surface area contributed by atoms with Crippen molar-refractivity contribution in [3.05, 3.63) is 83.9 Å². The third-order valence-corrected chi connectivity index (χ3v) is 4.18. The summed E-state index contributed by atoms with van der Waals surface area (Å²) in [5, 5.41) is 0.398. The Morgan fingerprint density at radius 3 is 1.86 bits per heavy atom. The van der Waals surface area contributed by atoms with Gasteiger partial charge >= 0.3 is 0 Å². The number of amides is 2. The van der Waals surface area contributed by atoms with E-state index in [4.69, 9.17) is 21.1 Å². The van der Waals surface area contributed by atoms with Crippen molar-refractivity contribution >= 4 is 23.4 Å². The van der Waals surface area contributed by atoms with Crippen LogP contribution in [0.2, 0.25) is 5.02 Å². The summed E-state index contributed by atoms with van der Waals surface area (Å²) in [5.41, 5.74) is 6.41. The molecule has 6 nitrogen and oxygen atoms in total. The lowest BCUT2D eigenvalue weighted by atomic mass is 10.1. The number of hydrogen-bond donors (Lipinski definition) is 2. The standard InChI is InChI=1S/C22H19ClN2O4/c23-18-11-5-7-13-20(18)29-15-22(27)25-24-21(26)14-28-19-12-6-4-10-17(19)16-8-2-1-3-9-16/h1-13H,14-15H2,(H,24,26)(H,25,27). The Hall–Kier alpha value is -3.51. The summed E-state index contributed by atoms with van der Waals surface area (Å²) in [6.45, 7) is -0.544. The fourth-order valence-corrected chi connectivity index (χ4v) is 2.70. The Morgan fingerprint density at radius 2 is 1.21 bits per heavy atom. The van der Waals surface area contributed by atoms with Gasteiger partial charge in [-0.25, -0.2) is 0 Å². The molecule has 0 aliphatic carbocycles. The highest BCUT2D eigenvalue weighted by Gasteiger charge is 2.10. The van der Waals surface area contributed by atoms with Crippen molar-refractivity contribution in [3.8, 4) is 22.6 Å². The second-order valence-electron chi connectivity index (χ2n) is 5.97. The van der Waals surface area contributed by atoms with E-state index in [0.29, 0.717) is 16.5 Å². The summed E-state index contributed by atoms with van der Waals surface area (Å²) in [6, 6.07) is 23.9. The molecule has 148 valence electrons. The van der Waals surface area contributed by atoms with E-state index in [2.05, 4.69) is 10.9 Å². The highest BCUT2D eigenvalue weighted by atomic mass is 35.5. The molecule has 3 rings (SSSR count). The summed E-state index contributed by atoms with van der Waals surface area (Å²) in [7, 11) is 0. The topological polar surface area (TPSA) is 76.7 Å². The van der Waals surface area contributed by atoms with Gasteiger partial charge in [0.2, 0.25) is 0 Å². The van der Waals surface area contributed by atoms with E-state index in [1.165, 1.54) is 0 Å². The van der Waals surface area contributed by atoms with Crippen LogP contribution in [0.1, 0.15) is 0 Å². The Kier molecular flexibility index (Phi) is 7.08. The number of halogens is 1. The normalized spacial score (nSPS) is 10.1. The van der Waals surface area contributed by atoms with Crippen LogP contribution in [0.5, 0.6) is 11.5 Å². The smallest absolute Gasteiger partial charge is 0.276 e. The van der Waals surface area contributed by atoms with E-state index < -0.39 is 11.8 Å². The number of para-hydroxylation sites is 2. The fraction of sp³-hybridized carbons (Fsp3) is 0.0909. The first kappa shape index (κ1) is 20.2. The van der Waals surface area contributed by atoms with Gasteiger partial charge in [-0.1, -0.05) is 72.3 Å². The number of hydrogen-bond acceptors (Lipinski definition) is 4. The van der Waals surface area contributed by atoms with Crippen molar-refractivity contribution in [2.75, 3.05) is 13.2 Å². The molecule has 0 radical (unpaired) electrons. The maximum atomic E-state index is 12.0. The number of rotatable bonds is 7. The molecular weight excluding hydrogens is 392 g/mol. The summed E-state index contributed by atoms with van der Waals surface area (Å²) < 4.78 is 10.9. The first-order chi connectivity index (χ1) is 14.1. The molecule has 3 aromatic carbocycles. The van der Waals surface area contributed by atoms with Gasteiger partial charge in [-0.2, -0.15) is 0 Å². The van der Waals surface area contributed by atoms with Crippen molar-refractivity contribution in [3.63, 3.8) is 0 Å².